The number of halogens is 3. The Bertz CT molecular complexity index is 427. The Labute approximate surface area is 116 Å². The predicted octanol–water partition coefficient (Wildman–Crippen LogP) is 3.12. The van der Waals surface area contributed by atoms with E-state index >= 15 is 0 Å². The first-order valence-corrected chi connectivity index (χ1v) is 5.62. The smallest absolute Gasteiger partial charge is 0.348 e. The zero-order valence-corrected chi connectivity index (χ0v) is 11.5. The number of nitrogens with zero attached hydrogens (tertiary/aromatic N) is 1. The second-order valence-electron chi connectivity index (χ2n) is 3.66. The molecule has 0 radical (unpaired) electrons. The van der Waals surface area contributed by atoms with Crippen LogP contribution < -0.4 is 4.42 Å². The molecule has 0 saturated heterocycles. The van der Waals surface area contributed by atoms with Crippen LogP contribution in [0.5, 0.6) is 0 Å². The van der Waals surface area contributed by atoms with Crippen molar-refractivity contribution in [1.29, 1.82) is 0 Å². The van der Waals surface area contributed by atoms with Gasteiger partial charge < -0.3 is 4.74 Å². The first-order valence-electron chi connectivity index (χ1n) is 4.91. The number of para-hydroxylation sites is 1. The van der Waals surface area contributed by atoms with Crippen LogP contribution in [0.1, 0.15) is 12.0 Å². The molecule has 94 valence electrons. The molecule has 17 heavy (non-hydrogen) atoms. The molecule has 0 amide bonds. The normalized spacial score (nSPS) is 22.4. The summed E-state index contributed by atoms with van der Waals surface area (Å²) in [6, 6.07) is 7.59. The molecule has 0 aliphatic carbocycles. The molecule has 1 aromatic rings. The van der Waals surface area contributed by atoms with Gasteiger partial charge in [0.2, 0.25) is 5.00 Å². The number of hydrogen-bond acceptors (Lipinski definition) is 3. The SMILES string of the molecule is COC(=O)C1(Cl)CCc2ccccc2N1Cl.Cl. The Kier molecular flexibility index (Phi) is 4.53. The first-order chi connectivity index (χ1) is 7.59. The number of aryl methyl sites for hydroxylation is 1. The summed E-state index contributed by atoms with van der Waals surface area (Å²) in [5.41, 5.74) is 1.84. The quantitative estimate of drug-likeness (QED) is 0.345. The van der Waals surface area contributed by atoms with Crippen LogP contribution in [-0.4, -0.2) is 18.1 Å². The third-order valence-corrected chi connectivity index (χ3v) is 3.81. The zero-order chi connectivity index (χ0) is 11.8. The lowest BCUT2D eigenvalue weighted by Crippen LogP contribution is -2.49. The number of carbonyl (C=O) groups is 1. The highest BCUT2D eigenvalue weighted by Gasteiger charge is 2.46. The van der Waals surface area contributed by atoms with Gasteiger partial charge in [0.1, 0.15) is 0 Å². The lowest BCUT2D eigenvalue weighted by molar-refractivity contribution is -0.143. The van der Waals surface area contributed by atoms with E-state index in [1.54, 1.807) is 0 Å². The molecule has 0 fully saturated rings. The highest BCUT2D eigenvalue weighted by molar-refractivity contribution is 6.43. The van der Waals surface area contributed by atoms with Crippen molar-refractivity contribution < 1.29 is 9.53 Å². The van der Waals surface area contributed by atoms with E-state index in [0.717, 1.165) is 11.3 Å². The van der Waals surface area contributed by atoms with Gasteiger partial charge in [0, 0.05) is 18.2 Å². The minimum absolute atomic E-state index is 0. The average molecular weight is 297 g/mol. The molecule has 1 unspecified atom stereocenters. The summed E-state index contributed by atoms with van der Waals surface area (Å²) in [7, 11) is 1.30. The Morgan fingerprint density at radius 3 is 2.76 bits per heavy atom. The van der Waals surface area contributed by atoms with Crippen LogP contribution in [0, 0.1) is 0 Å². The van der Waals surface area contributed by atoms with Gasteiger partial charge in [-0.3, -0.25) is 4.42 Å². The summed E-state index contributed by atoms with van der Waals surface area (Å²) in [6.07, 6.45) is 1.14. The standard InChI is InChI=1S/C11H11Cl2NO2.ClH/c1-16-10(15)11(12)7-6-8-4-2-3-5-9(8)14(11)13;/h2-5H,6-7H2,1H3;1H. The van der Waals surface area contributed by atoms with Crippen molar-refractivity contribution in [1.82, 2.24) is 0 Å². The minimum Gasteiger partial charge on any atom is -0.466 e. The van der Waals surface area contributed by atoms with E-state index in [2.05, 4.69) is 4.74 Å². The summed E-state index contributed by atoms with van der Waals surface area (Å²) in [5.74, 6) is -0.529. The van der Waals surface area contributed by atoms with Crippen molar-refractivity contribution in [3.8, 4) is 0 Å². The lowest BCUT2D eigenvalue weighted by Gasteiger charge is -2.37. The van der Waals surface area contributed by atoms with Crippen LogP contribution in [0.2, 0.25) is 0 Å². The van der Waals surface area contributed by atoms with Crippen molar-refractivity contribution in [2.45, 2.75) is 17.8 Å². The number of benzene rings is 1. The Morgan fingerprint density at radius 1 is 1.47 bits per heavy atom. The van der Waals surface area contributed by atoms with Gasteiger partial charge >= 0.3 is 5.97 Å². The van der Waals surface area contributed by atoms with E-state index in [1.165, 1.54) is 11.5 Å². The highest BCUT2D eigenvalue weighted by atomic mass is 35.5. The summed E-state index contributed by atoms with van der Waals surface area (Å²) < 4.78 is 5.94. The number of alkyl halides is 1. The number of carbonyl (C=O) groups excluding carboxylic acids is 1. The summed E-state index contributed by atoms with van der Waals surface area (Å²) in [4.78, 5) is 10.3. The van der Waals surface area contributed by atoms with E-state index in [4.69, 9.17) is 23.4 Å². The van der Waals surface area contributed by atoms with Gasteiger partial charge in [-0.15, -0.1) is 12.4 Å². The predicted molar refractivity (Wildman–Crippen MR) is 70.9 cm³/mol. The first kappa shape index (κ1) is 14.4. The zero-order valence-electron chi connectivity index (χ0n) is 9.15. The monoisotopic (exact) mass is 295 g/mol. The number of ether oxygens (including phenoxy) is 1. The molecule has 0 bridgehead atoms. The fourth-order valence-corrected chi connectivity index (χ4v) is 2.42. The number of fused-ring (bicyclic) bond motifs is 1. The number of anilines is 1. The molecule has 1 aliphatic rings. The van der Waals surface area contributed by atoms with Crippen LogP contribution >= 0.6 is 35.8 Å². The van der Waals surface area contributed by atoms with Crippen molar-refractivity contribution in [3.05, 3.63) is 29.8 Å². The molecule has 1 aromatic carbocycles. The molecule has 1 atom stereocenters. The van der Waals surface area contributed by atoms with Crippen molar-refractivity contribution in [2.75, 3.05) is 11.5 Å². The third kappa shape index (κ3) is 2.32. The Morgan fingerprint density at radius 2 is 2.12 bits per heavy atom. The molecule has 1 heterocycles. The Hall–Kier alpha value is -0.640. The summed E-state index contributed by atoms with van der Waals surface area (Å²) >= 11 is 12.4. The molecule has 0 N–H and O–H groups in total. The molecular formula is C11H12Cl3NO2. The van der Waals surface area contributed by atoms with Gasteiger partial charge in [-0.05, 0) is 18.1 Å². The fourth-order valence-electron chi connectivity index (χ4n) is 1.84. The molecule has 3 nitrogen and oxygen atoms in total. The van der Waals surface area contributed by atoms with Gasteiger partial charge in [-0.2, -0.15) is 0 Å². The van der Waals surface area contributed by atoms with Crippen LogP contribution in [0.25, 0.3) is 0 Å². The maximum Gasteiger partial charge on any atom is 0.348 e. The van der Waals surface area contributed by atoms with Crippen LogP contribution in [0.3, 0.4) is 0 Å². The van der Waals surface area contributed by atoms with E-state index in [0.29, 0.717) is 12.8 Å². The maximum absolute atomic E-state index is 11.6. The van der Waals surface area contributed by atoms with Gasteiger partial charge in [-0.1, -0.05) is 29.8 Å². The molecular weight excluding hydrogens is 284 g/mol. The van der Waals surface area contributed by atoms with Crippen LogP contribution in [0.4, 0.5) is 5.69 Å². The molecule has 6 heteroatoms. The topological polar surface area (TPSA) is 29.5 Å². The second kappa shape index (κ2) is 5.34. The second-order valence-corrected chi connectivity index (χ2v) is 4.62. The van der Waals surface area contributed by atoms with Gasteiger partial charge in [0.25, 0.3) is 0 Å². The van der Waals surface area contributed by atoms with Gasteiger partial charge in [-0.25, -0.2) is 4.79 Å². The molecule has 0 saturated carbocycles. The lowest BCUT2D eigenvalue weighted by atomic mass is 9.97. The number of esters is 1. The van der Waals surface area contributed by atoms with Crippen LogP contribution in [0.15, 0.2) is 24.3 Å². The van der Waals surface area contributed by atoms with E-state index < -0.39 is 11.0 Å². The average Bonchev–Trinajstić information content (AvgIpc) is 2.33. The fraction of sp³-hybridized carbons (Fsp3) is 0.364. The third-order valence-electron chi connectivity index (χ3n) is 2.74. The van der Waals surface area contributed by atoms with Crippen molar-refractivity contribution in [2.24, 2.45) is 0 Å². The number of methoxy groups -OCH3 is 1. The van der Waals surface area contributed by atoms with Crippen molar-refractivity contribution in [3.63, 3.8) is 0 Å². The molecule has 1 aliphatic heterocycles. The molecule has 0 spiro atoms. The maximum atomic E-state index is 11.6. The van der Waals surface area contributed by atoms with Crippen LogP contribution in [-0.2, 0) is 16.0 Å². The van der Waals surface area contributed by atoms with Gasteiger partial charge in [0.15, 0.2) is 0 Å². The van der Waals surface area contributed by atoms with Gasteiger partial charge in [0.05, 0.1) is 12.8 Å². The largest absolute Gasteiger partial charge is 0.466 e. The minimum atomic E-state index is -1.30. The Balaban J connectivity index is 0.00000144. The highest BCUT2D eigenvalue weighted by Crippen LogP contribution is 2.41. The summed E-state index contributed by atoms with van der Waals surface area (Å²) in [5, 5.41) is 0. The number of rotatable bonds is 1. The van der Waals surface area contributed by atoms with E-state index in [-0.39, 0.29) is 12.4 Å². The summed E-state index contributed by atoms with van der Waals surface area (Å²) in [6.45, 7) is 0. The van der Waals surface area contributed by atoms with E-state index in [1.807, 2.05) is 24.3 Å². The molecule has 2 rings (SSSR count). The van der Waals surface area contributed by atoms with Crippen molar-refractivity contribution >= 4 is 47.4 Å². The van der Waals surface area contributed by atoms with E-state index in [9.17, 15) is 4.79 Å². The number of hydrogen-bond donors (Lipinski definition) is 0. The molecule has 0 aromatic heterocycles.